The highest BCUT2D eigenvalue weighted by Crippen LogP contribution is 2.18. The van der Waals surface area contributed by atoms with Gasteiger partial charge in [0, 0.05) is 10.8 Å². The largest absolute Gasteiger partial charge is 0.265 e. The van der Waals surface area contributed by atoms with Crippen LogP contribution in [0.25, 0.3) is 0 Å². The standard InChI is InChI=1S/C8H17NO2/c1-4-7(3)8(5-2)6-9(10)11/h7-8H,4-6H2,1-3H3. The average molecular weight is 159 g/mol. The van der Waals surface area contributed by atoms with E-state index in [0.717, 1.165) is 12.8 Å². The third-order valence-electron chi connectivity index (χ3n) is 2.36. The predicted molar refractivity (Wildman–Crippen MR) is 45.1 cm³/mol. The molecule has 0 saturated heterocycles. The molecule has 0 N–H and O–H groups in total. The zero-order valence-corrected chi connectivity index (χ0v) is 7.54. The molecule has 0 spiro atoms. The summed E-state index contributed by atoms with van der Waals surface area (Å²) in [7, 11) is 0. The fraction of sp³-hybridized carbons (Fsp3) is 1.00. The van der Waals surface area contributed by atoms with Crippen molar-refractivity contribution in [2.45, 2.75) is 33.6 Å². The molecular weight excluding hydrogens is 142 g/mol. The van der Waals surface area contributed by atoms with Crippen molar-refractivity contribution in [2.75, 3.05) is 6.54 Å². The zero-order chi connectivity index (χ0) is 8.85. The van der Waals surface area contributed by atoms with Gasteiger partial charge in [-0.1, -0.05) is 27.2 Å². The van der Waals surface area contributed by atoms with Crippen molar-refractivity contribution in [1.29, 1.82) is 0 Å². The molecule has 0 aromatic heterocycles. The van der Waals surface area contributed by atoms with Gasteiger partial charge in [-0.25, -0.2) is 0 Å². The molecule has 11 heavy (non-hydrogen) atoms. The Labute approximate surface area is 67.9 Å². The molecule has 3 nitrogen and oxygen atoms in total. The van der Waals surface area contributed by atoms with Gasteiger partial charge in [0.1, 0.15) is 0 Å². The van der Waals surface area contributed by atoms with Gasteiger partial charge >= 0.3 is 0 Å². The van der Waals surface area contributed by atoms with Crippen LogP contribution in [-0.4, -0.2) is 11.5 Å². The van der Waals surface area contributed by atoms with Crippen molar-refractivity contribution in [3.05, 3.63) is 10.1 Å². The molecule has 0 radical (unpaired) electrons. The molecule has 3 heteroatoms. The van der Waals surface area contributed by atoms with Crippen LogP contribution in [0, 0.1) is 22.0 Å². The van der Waals surface area contributed by atoms with Crippen molar-refractivity contribution >= 4 is 0 Å². The Bertz CT molecular complexity index is 125. The van der Waals surface area contributed by atoms with Gasteiger partial charge in [0.25, 0.3) is 0 Å². The highest BCUT2D eigenvalue weighted by atomic mass is 16.6. The molecule has 2 atom stereocenters. The average Bonchev–Trinajstić information content (AvgIpc) is 1.98. The summed E-state index contributed by atoms with van der Waals surface area (Å²) >= 11 is 0. The summed E-state index contributed by atoms with van der Waals surface area (Å²) in [6, 6.07) is 0. The van der Waals surface area contributed by atoms with Gasteiger partial charge in [0.15, 0.2) is 0 Å². The van der Waals surface area contributed by atoms with E-state index in [1.165, 1.54) is 0 Å². The van der Waals surface area contributed by atoms with Gasteiger partial charge in [-0.05, 0) is 12.3 Å². The van der Waals surface area contributed by atoms with Crippen molar-refractivity contribution in [1.82, 2.24) is 0 Å². The monoisotopic (exact) mass is 159 g/mol. The molecule has 0 aliphatic carbocycles. The molecule has 0 aromatic rings. The second kappa shape index (κ2) is 5.10. The van der Waals surface area contributed by atoms with Crippen LogP contribution in [0.5, 0.6) is 0 Å². The fourth-order valence-electron chi connectivity index (χ4n) is 1.24. The number of hydrogen-bond acceptors (Lipinski definition) is 2. The summed E-state index contributed by atoms with van der Waals surface area (Å²) < 4.78 is 0. The summed E-state index contributed by atoms with van der Waals surface area (Å²) in [5.41, 5.74) is 0. The number of hydrogen-bond donors (Lipinski definition) is 0. The molecule has 0 saturated carbocycles. The lowest BCUT2D eigenvalue weighted by atomic mass is 9.90. The fourth-order valence-corrected chi connectivity index (χ4v) is 1.24. The number of nitro groups is 1. The van der Waals surface area contributed by atoms with Crippen LogP contribution in [0.4, 0.5) is 0 Å². The van der Waals surface area contributed by atoms with E-state index in [1.54, 1.807) is 0 Å². The second-order valence-corrected chi connectivity index (χ2v) is 3.07. The van der Waals surface area contributed by atoms with Crippen LogP contribution < -0.4 is 0 Å². The van der Waals surface area contributed by atoms with Gasteiger partial charge in [-0.3, -0.25) is 10.1 Å². The third-order valence-corrected chi connectivity index (χ3v) is 2.36. The topological polar surface area (TPSA) is 43.1 Å². The van der Waals surface area contributed by atoms with Gasteiger partial charge in [0.2, 0.25) is 6.54 Å². The van der Waals surface area contributed by atoms with Crippen LogP contribution in [0.3, 0.4) is 0 Å². The Morgan fingerprint density at radius 1 is 1.36 bits per heavy atom. The van der Waals surface area contributed by atoms with E-state index < -0.39 is 0 Å². The maximum atomic E-state index is 10.2. The van der Waals surface area contributed by atoms with Crippen LogP contribution >= 0.6 is 0 Å². The van der Waals surface area contributed by atoms with Gasteiger partial charge in [-0.2, -0.15) is 0 Å². The molecule has 0 fully saturated rings. The Balaban J connectivity index is 3.84. The third kappa shape index (κ3) is 3.96. The molecule has 0 aliphatic heterocycles. The first-order chi connectivity index (χ1) is 5.11. The lowest BCUT2D eigenvalue weighted by Gasteiger charge is -2.16. The van der Waals surface area contributed by atoms with E-state index in [9.17, 15) is 10.1 Å². The summed E-state index contributed by atoms with van der Waals surface area (Å²) in [4.78, 5) is 9.99. The van der Waals surface area contributed by atoms with E-state index in [1.807, 2.05) is 6.92 Å². The molecule has 0 amide bonds. The minimum atomic E-state index is -0.208. The SMILES string of the molecule is CCC(C)C(CC)C[N+](=O)[O-]. The minimum absolute atomic E-state index is 0.130. The number of rotatable bonds is 5. The lowest BCUT2D eigenvalue weighted by molar-refractivity contribution is -0.490. The first kappa shape index (κ1) is 10.4. The van der Waals surface area contributed by atoms with Crippen molar-refractivity contribution in [3.8, 4) is 0 Å². The molecule has 0 heterocycles. The second-order valence-electron chi connectivity index (χ2n) is 3.07. The zero-order valence-electron chi connectivity index (χ0n) is 7.54. The van der Waals surface area contributed by atoms with Crippen LogP contribution in [0.2, 0.25) is 0 Å². The summed E-state index contributed by atoms with van der Waals surface area (Å²) in [6.45, 7) is 6.30. The summed E-state index contributed by atoms with van der Waals surface area (Å²) in [5, 5.41) is 10.2. The Kier molecular flexibility index (Phi) is 4.83. The molecule has 0 bridgehead atoms. The first-order valence-electron chi connectivity index (χ1n) is 4.23. The van der Waals surface area contributed by atoms with Crippen molar-refractivity contribution in [3.63, 3.8) is 0 Å². The maximum absolute atomic E-state index is 10.2. The van der Waals surface area contributed by atoms with E-state index in [0.29, 0.717) is 5.92 Å². The molecule has 0 aromatic carbocycles. The molecule has 0 rings (SSSR count). The number of nitrogens with zero attached hydrogens (tertiary/aromatic N) is 1. The Hall–Kier alpha value is -0.600. The van der Waals surface area contributed by atoms with E-state index in [2.05, 4.69) is 13.8 Å². The van der Waals surface area contributed by atoms with E-state index in [4.69, 9.17) is 0 Å². The molecule has 2 unspecified atom stereocenters. The first-order valence-corrected chi connectivity index (χ1v) is 4.23. The van der Waals surface area contributed by atoms with Gasteiger partial charge in [0.05, 0.1) is 0 Å². The Morgan fingerprint density at radius 2 is 1.91 bits per heavy atom. The van der Waals surface area contributed by atoms with E-state index >= 15 is 0 Å². The quantitative estimate of drug-likeness (QED) is 0.456. The van der Waals surface area contributed by atoms with Crippen LogP contribution in [0.15, 0.2) is 0 Å². The molecule has 0 aliphatic rings. The van der Waals surface area contributed by atoms with Crippen molar-refractivity contribution < 1.29 is 4.92 Å². The lowest BCUT2D eigenvalue weighted by Crippen LogP contribution is -2.20. The smallest absolute Gasteiger partial charge is 0.206 e. The highest BCUT2D eigenvalue weighted by molar-refractivity contribution is 4.62. The normalized spacial score (nSPS) is 15.9. The van der Waals surface area contributed by atoms with E-state index in [-0.39, 0.29) is 17.4 Å². The molecular formula is C8H17NO2. The van der Waals surface area contributed by atoms with Gasteiger partial charge < -0.3 is 0 Å². The summed E-state index contributed by atoms with van der Waals surface area (Å²) in [5.74, 6) is 0.736. The predicted octanol–water partition coefficient (Wildman–Crippen LogP) is 2.34. The van der Waals surface area contributed by atoms with Crippen molar-refractivity contribution in [2.24, 2.45) is 11.8 Å². The van der Waals surface area contributed by atoms with Crippen LogP contribution in [-0.2, 0) is 0 Å². The maximum Gasteiger partial charge on any atom is 0.206 e. The van der Waals surface area contributed by atoms with Crippen LogP contribution in [0.1, 0.15) is 33.6 Å². The highest BCUT2D eigenvalue weighted by Gasteiger charge is 2.18. The van der Waals surface area contributed by atoms with Gasteiger partial charge in [-0.15, -0.1) is 0 Å². The Morgan fingerprint density at radius 3 is 2.18 bits per heavy atom. The minimum Gasteiger partial charge on any atom is -0.265 e. The summed E-state index contributed by atoms with van der Waals surface area (Å²) in [6.07, 6.45) is 1.95. The molecule has 66 valence electrons.